The van der Waals surface area contributed by atoms with Crippen molar-refractivity contribution in [2.75, 3.05) is 17.1 Å². The van der Waals surface area contributed by atoms with Gasteiger partial charge in [-0.05, 0) is 70.7 Å². The van der Waals surface area contributed by atoms with Gasteiger partial charge >= 0.3 is 0 Å². The molecule has 0 saturated carbocycles. The van der Waals surface area contributed by atoms with Gasteiger partial charge in [-0.2, -0.15) is 0 Å². The van der Waals surface area contributed by atoms with Gasteiger partial charge in [0.1, 0.15) is 6.04 Å². The molecule has 0 heterocycles. The molecule has 7 nitrogen and oxygen atoms in total. The Bertz CT molecular complexity index is 1190. The van der Waals surface area contributed by atoms with Gasteiger partial charge in [0.2, 0.25) is 21.8 Å². The average molecular weight is 550 g/mol. The molecular weight excluding hydrogens is 510 g/mol. The smallest absolute Gasteiger partial charge is 0.243 e. The standard InChI is InChI=1S/C28H40ClN3O4S/c1-8-24(27(34)30-28(4,5)6)31(19-22-16-14-20(2)15-17-22)26(33)13-10-18-32(37(7,35)36)25-12-9-11-23(29)21(25)3/h9,11-12,14-17,24H,8,10,13,18-19H2,1-7H3,(H,30,34)/t24-/m1/s1. The van der Waals surface area contributed by atoms with Gasteiger partial charge in [-0.1, -0.05) is 54.4 Å². The Balaban J connectivity index is 2.27. The van der Waals surface area contributed by atoms with E-state index in [9.17, 15) is 18.0 Å². The number of halogens is 1. The third-order valence-electron chi connectivity index (χ3n) is 6.02. The first kappa shape index (κ1) is 30.6. The summed E-state index contributed by atoms with van der Waals surface area (Å²) < 4.78 is 26.5. The minimum atomic E-state index is -3.60. The van der Waals surface area contributed by atoms with Gasteiger partial charge in [0.05, 0.1) is 11.9 Å². The molecule has 204 valence electrons. The number of aryl methyl sites for hydroxylation is 1. The molecule has 2 amide bonds. The third-order valence-corrected chi connectivity index (χ3v) is 7.61. The highest BCUT2D eigenvalue weighted by Crippen LogP contribution is 2.28. The number of nitrogens with zero attached hydrogens (tertiary/aromatic N) is 2. The lowest BCUT2D eigenvalue weighted by Crippen LogP contribution is -2.53. The summed E-state index contributed by atoms with van der Waals surface area (Å²) in [4.78, 5) is 28.3. The summed E-state index contributed by atoms with van der Waals surface area (Å²) in [6, 6.07) is 12.3. The summed E-state index contributed by atoms with van der Waals surface area (Å²) in [6.07, 6.45) is 1.98. The van der Waals surface area contributed by atoms with E-state index >= 15 is 0 Å². The minimum Gasteiger partial charge on any atom is -0.350 e. The van der Waals surface area contributed by atoms with Gasteiger partial charge in [-0.15, -0.1) is 0 Å². The van der Waals surface area contributed by atoms with Crippen molar-refractivity contribution in [1.82, 2.24) is 10.2 Å². The SMILES string of the molecule is CC[C@H](C(=O)NC(C)(C)C)N(Cc1ccc(C)cc1)C(=O)CCCN(c1cccc(Cl)c1C)S(C)(=O)=O. The monoisotopic (exact) mass is 549 g/mol. The van der Waals surface area contributed by atoms with Crippen molar-refractivity contribution in [2.24, 2.45) is 0 Å². The van der Waals surface area contributed by atoms with Crippen LogP contribution in [0.1, 0.15) is 63.6 Å². The zero-order valence-corrected chi connectivity index (χ0v) is 24.5. The van der Waals surface area contributed by atoms with Crippen LogP contribution < -0.4 is 9.62 Å². The fraction of sp³-hybridized carbons (Fsp3) is 0.500. The van der Waals surface area contributed by atoms with E-state index in [2.05, 4.69) is 5.32 Å². The molecule has 9 heteroatoms. The largest absolute Gasteiger partial charge is 0.350 e. The first-order valence-corrected chi connectivity index (χ1v) is 14.8. The lowest BCUT2D eigenvalue weighted by Gasteiger charge is -2.33. The number of rotatable bonds is 11. The maximum absolute atomic E-state index is 13.5. The average Bonchev–Trinajstić information content (AvgIpc) is 2.78. The summed E-state index contributed by atoms with van der Waals surface area (Å²) in [7, 11) is -3.60. The molecule has 2 rings (SSSR count). The van der Waals surface area contributed by atoms with Gasteiger partial charge < -0.3 is 10.2 Å². The van der Waals surface area contributed by atoms with E-state index in [4.69, 9.17) is 11.6 Å². The highest BCUT2D eigenvalue weighted by molar-refractivity contribution is 7.92. The highest BCUT2D eigenvalue weighted by atomic mass is 35.5. The van der Waals surface area contributed by atoms with Gasteiger partial charge in [-0.3, -0.25) is 13.9 Å². The number of sulfonamides is 1. The Morgan fingerprint density at radius 1 is 1.05 bits per heavy atom. The van der Waals surface area contributed by atoms with Crippen molar-refractivity contribution in [3.05, 3.63) is 64.2 Å². The van der Waals surface area contributed by atoms with E-state index in [1.165, 1.54) is 4.31 Å². The predicted octanol–water partition coefficient (Wildman–Crippen LogP) is 5.23. The van der Waals surface area contributed by atoms with Crippen LogP contribution in [0.4, 0.5) is 5.69 Å². The lowest BCUT2D eigenvalue weighted by molar-refractivity contribution is -0.142. The predicted molar refractivity (Wildman–Crippen MR) is 151 cm³/mol. The maximum atomic E-state index is 13.5. The fourth-order valence-corrected chi connectivity index (χ4v) is 5.30. The van der Waals surface area contributed by atoms with Crippen molar-refractivity contribution < 1.29 is 18.0 Å². The van der Waals surface area contributed by atoms with E-state index < -0.39 is 21.6 Å². The van der Waals surface area contributed by atoms with Crippen LogP contribution in [-0.4, -0.2) is 49.5 Å². The van der Waals surface area contributed by atoms with Crippen molar-refractivity contribution >= 4 is 39.1 Å². The van der Waals surface area contributed by atoms with Crippen molar-refractivity contribution in [1.29, 1.82) is 0 Å². The Labute approximate surface area is 227 Å². The number of hydrogen-bond donors (Lipinski definition) is 1. The van der Waals surface area contributed by atoms with E-state index in [-0.39, 0.29) is 24.8 Å². The molecule has 0 unspecified atom stereocenters. The molecule has 1 N–H and O–H groups in total. The normalized spacial score (nSPS) is 12.6. The lowest BCUT2D eigenvalue weighted by atomic mass is 10.0. The number of nitrogens with one attached hydrogen (secondary N) is 1. The van der Waals surface area contributed by atoms with E-state index in [1.807, 2.05) is 58.9 Å². The van der Waals surface area contributed by atoms with Crippen LogP contribution in [0, 0.1) is 13.8 Å². The number of benzene rings is 2. The molecule has 0 bridgehead atoms. The fourth-order valence-electron chi connectivity index (χ4n) is 4.11. The minimum absolute atomic E-state index is 0.0940. The Morgan fingerprint density at radius 2 is 1.68 bits per heavy atom. The number of amides is 2. The first-order chi connectivity index (χ1) is 17.1. The topological polar surface area (TPSA) is 86.8 Å². The number of anilines is 1. The number of carbonyl (C=O) groups is 2. The quantitative estimate of drug-likeness (QED) is 0.416. The summed E-state index contributed by atoms with van der Waals surface area (Å²) in [5, 5.41) is 3.47. The molecule has 0 fully saturated rings. The molecule has 0 aliphatic rings. The van der Waals surface area contributed by atoms with Crippen LogP contribution in [-0.2, 0) is 26.2 Å². The second kappa shape index (κ2) is 12.8. The summed E-state index contributed by atoms with van der Waals surface area (Å²) in [5.41, 5.74) is 2.75. The van der Waals surface area contributed by atoms with Crippen LogP contribution in [0.15, 0.2) is 42.5 Å². The molecule has 0 spiro atoms. The molecule has 2 aromatic carbocycles. The van der Waals surface area contributed by atoms with Crippen LogP contribution in [0.5, 0.6) is 0 Å². The molecule has 2 aromatic rings. The molecule has 0 aliphatic carbocycles. The second-order valence-corrected chi connectivity index (χ2v) is 12.8. The Kier molecular flexibility index (Phi) is 10.6. The Hall–Kier alpha value is -2.58. The van der Waals surface area contributed by atoms with E-state index in [1.54, 1.807) is 30.0 Å². The second-order valence-electron chi connectivity index (χ2n) is 10.5. The zero-order chi connectivity index (χ0) is 28.0. The summed E-state index contributed by atoms with van der Waals surface area (Å²) in [6.45, 7) is 11.8. The van der Waals surface area contributed by atoms with Crippen LogP contribution >= 0.6 is 11.6 Å². The van der Waals surface area contributed by atoms with E-state index in [0.29, 0.717) is 35.7 Å². The van der Waals surface area contributed by atoms with Crippen LogP contribution in [0.25, 0.3) is 0 Å². The molecule has 0 aliphatic heterocycles. The number of carbonyl (C=O) groups excluding carboxylic acids is 2. The summed E-state index contributed by atoms with van der Waals surface area (Å²) in [5.74, 6) is -0.407. The van der Waals surface area contributed by atoms with Gasteiger partial charge in [0.15, 0.2) is 0 Å². The maximum Gasteiger partial charge on any atom is 0.243 e. The van der Waals surface area contributed by atoms with Crippen molar-refractivity contribution in [3.8, 4) is 0 Å². The Morgan fingerprint density at radius 3 is 2.22 bits per heavy atom. The molecule has 0 radical (unpaired) electrons. The van der Waals surface area contributed by atoms with Gasteiger partial charge in [0, 0.05) is 30.1 Å². The van der Waals surface area contributed by atoms with Crippen LogP contribution in [0.2, 0.25) is 5.02 Å². The molecule has 0 aromatic heterocycles. The summed E-state index contributed by atoms with van der Waals surface area (Å²) >= 11 is 6.23. The molecular formula is C28H40ClN3O4S. The zero-order valence-electron chi connectivity index (χ0n) is 23.0. The van der Waals surface area contributed by atoms with E-state index in [0.717, 1.165) is 17.4 Å². The van der Waals surface area contributed by atoms with Crippen LogP contribution in [0.3, 0.4) is 0 Å². The van der Waals surface area contributed by atoms with Gasteiger partial charge in [0.25, 0.3) is 0 Å². The highest BCUT2D eigenvalue weighted by Gasteiger charge is 2.31. The third kappa shape index (κ3) is 9.04. The molecule has 37 heavy (non-hydrogen) atoms. The first-order valence-electron chi connectivity index (χ1n) is 12.5. The van der Waals surface area contributed by atoms with Crippen molar-refractivity contribution in [2.45, 2.75) is 78.9 Å². The number of hydrogen-bond acceptors (Lipinski definition) is 4. The molecule has 0 saturated heterocycles. The molecule has 1 atom stereocenters. The van der Waals surface area contributed by atoms with Crippen molar-refractivity contribution in [3.63, 3.8) is 0 Å². The van der Waals surface area contributed by atoms with Gasteiger partial charge in [-0.25, -0.2) is 8.42 Å².